The van der Waals surface area contributed by atoms with E-state index in [1.165, 1.54) is 7.11 Å². The van der Waals surface area contributed by atoms with Crippen LogP contribution in [-0.4, -0.2) is 43.3 Å². The van der Waals surface area contributed by atoms with Gasteiger partial charge in [0.25, 0.3) is 0 Å². The Labute approximate surface area is 134 Å². The lowest BCUT2D eigenvalue weighted by atomic mass is 10.1. The highest BCUT2D eigenvalue weighted by Crippen LogP contribution is 2.33. The van der Waals surface area contributed by atoms with Crippen LogP contribution in [0.25, 0.3) is 0 Å². The van der Waals surface area contributed by atoms with Gasteiger partial charge in [-0.3, -0.25) is 4.79 Å². The molecule has 0 aromatic heterocycles. The third kappa shape index (κ3) is 5.30. The number of ether oxygens (including phenoxy) is 2. The van der Waals surface area contributed by atoms with Gasteiger partial charge < -0.3 is 19.9 Å². The Hall–Kier alpha value is -1.11. The first-order valence-corrected chi connectivity index (χ1v) is 8.16. The van der Waals surface area contributed by atoms with Gasteiger partial charge >= 0.3 is 5.97 Å². The van der Waals surface area contributed by atoms with Gasteiger partial charge in [0, 0.05) is 17.6 Å². The molecule has 0 aliphatic heterocycles. The van der Waals surface area contributed by atoms with Crippen molar-refractivity contribution in [2.24, 2.45) is 0 Å². The molecule has 1 unspecified atom stereocenters. The van der Waals surface area contributed by atoms with Crippen molar-refractivity contribution in [1.29, 1.82) is 0 Å². The maximum Gasteiger partial charge on any atom is 0.320 e. The van der Waals surface area contributed by atoms with Crippen molar-refractivity contribution in [1.82, 2.24) is 5.32 Å². The minimum Gasteiger partial charge on any atom is -0.493 e. The van der Waals surface area contributed by atoms with Gasteiger partial charge in [-0.2, -0.15) is 11.8 Å². The largest absolute Gasteiger partial charge is 0.493 e. The highest BCUT2D eigenvalue weighted by atomic mass is 35.5. The van der Waals surface area contributed by atoms with Gasteiger partial charge in [0.1, 0.15) is 6.04 Å². The monoisotopic (exact) mass is 333 g/mol. The van der Waals surface area contributed by atoms with E-state index in [9.17, 15) is 9.90 Å². The van der Waals surface area contributed by atoms with Crippen molar-refractivity contribution >= 4 is 29.3 Å². The smallest absolute Gasteiger partial charge is 0.320 e. The number of benzene rings is 1. The topological polar surface area (TPSA) is 67.8 Å². The van der Waals surface area contributed by atoms with Gasteiger partial charge in [0.05, 0.1) is 14.2 Å². The normalized spacial score (nSPS) is 12.0. The lowest BCUT2D eigenvalue weighted by Crippen LogP contribution is -2.36. The van der Waals surface area contributed by atoms with Crippen molar-refractivity contribution in [2.75, 3.05) is 26.2 Å². The molecule has 0 spiro atoms. The van der Waals surface area contributed by atoms with E-state index < -0.39 is 12.0 Å². The number of carbonyl (C=O) groups is 1. The number of carboxylic acid groups (broad SMARTS) is 1. The number of aliphatic carboxylic acids is 1. The molecular formula is C14H20ClNO4S. The van der Waals surface area contributed by atoms with E-state index in [2.05, 4.69) is 5.32 Å². The summed E-state index contributed by atoms with van der Waals surface area (Å²) in [7, 11) is 3.08. The Balaban J connectivity index is 2.79. The lowest BCUT2D eigenvalue weighted by molar-refractivity contribution is -0.139. The molecule has 1 aromatic carbocycles. The molecule has 0 aliphatic carbocycles. The second-order valence-corrected chi connectivity index (χ2v) is 5.74. The van der Waals surface area contributed by atoms with Crippen LogP contribution in [0.2, 0.25) is 5.02 Å². The quantitative estimate of drug-likeness (QED) is 0.724. The summed E-state index contributed by atoms with van der Waals surface area (Å²) >= 11 is 7.79. The first kappa shape index (κ1) is 17.9. The molecule has 0 amide bonds. The molecule has 7 heteroatoms. The predicted molar refractivity (Wildman–Crippen MR) is 85.8 cm³/mol. The molecule has 0 aliphatic rings. The lowest BCUT2D eigenvalue weighted by Gasteiger charge is -2.16. The number of hydrogen-bond donors (Lipinski definition) is 2. The zero-order valence-electron chi connectivity index (χ0n) is 12.3. The third-order valence-corrected chi connectivity index (χ3v) is 4.00. The third-order valence-electron chi connectivity index (χ3n) is 3.00. The van der Waals surface area contributed by atoms with Gasteiger partial charge in [0.2, 0.25) is 0 Å². The summed E-state index contributed by atoms with van der Waals surface area (Å²) in [5.41, 5.74) is 0.768. The Morgan fingerprint density at radius 3 is 2.52 bits per heavy atom. The Bertz CT molecular complexity index is 484. The molecule has 0 fully saturated rings. The second kappa shape index (κ2) is 9.02. The van der Waals surface area contributed by atoms with Gasteiger partial charge in [-0.1, -0.05) is 11.6 Å². The molecule has 21 heavy (non-hydrogen) atoms. The molecule has 5 nitrogen and oxygen atoms in total. The number of rotatable bonds is 9. The summed E-state index contributed by atoms with van der Waals surface area (Å²) in [4.78, 5) is 11.2. The summed E-state index contributed by atoms with van der Waals surface area (Å²) in [5, 5.41) is 12.7. The number of nitrogens with one attached hydrogen (secondary N) is 1. The van der Waals surface area contributed by atoms with Crippen LogP contribution in [-0.2, 0) is 11.3 Å². The van der Waals surface area contributed by atoms with Crippen molar-refractivity contribution in [3.05, 3.63) is 22.7 Å². The zero-order chi connectivity index (χ0) is 15.8. The van der Waals surface area contributed by atoms with Crippen LogP contribution in [0.15, 0.2) is 12.1 Å². The summed E-state index contributed by atoms with van der Waals surface area (Å²) in [6, 6.07) is 2.82. The van der Waals surface area contributed by atoms with Gasteiger partial charge in [0.15, 0.2) is 11.5 Å². The number of carboxylic acids is 1. The number of methoxy groups -OCH3 is 2. The molecule has 0 saturated heterocycles. The van der Waals surface area contributed by atoms with Gasteiger partial charge in [-0.25, -0.2) is 0 Å². The highest BCUT2D eigenvalue weighted by molar-refractivity contribution is 7.98. The molecule has 0 radical (unpaired) electrons. The van der Waals surface area contributed by atoms with Crippen molar-refractivity contribution in [3.8, 4) is 11.5 Å². The van der Waals surface area contributed by atoms with Crippen LogP contribution in [0, 0.1) is 0 Å². The van der Waals surface area contributed by atoms with Crippen LogP contribution >= 0.6 is 23.4 Å². The molecule has 118 valence electrons. The molecule has 1 rings (SSSR count). The van der Waals surface area contributed by atoms with Crippen molar-refractivity contribution < 1.29 is 19.4 Å². The fourth-order valence-corrected chi connectivity index (χ4v) is 2.51. The molecule has 0 heterocycles. The minimum atomic E-state index is -0.861. The molecule has 1 aromatic rings. The maximum atomic E-state index is 11.2. The summed E-state index contributed by atoms with van der Waals surface area (Å²) < 4.78 is 10.4. The van der Waals surface area contributed by atoms with E-state index >= 15 is 0 Å². The first-order valence-electron chi connectivity index (χ1n) is 6.39. The average Bonchev–Trinajstić information content (AvgIpc) is 2.47. The average molecular weight is 334 g/mol. The maximum absolute atomic E-state index is 11.2. The summed E-state index contributed by atoms with van der Waals surface area (Å²) in [6.45, 7) is 0.352. The van der Waals surface area contributed by atoms with Crippen molar-refractivity contribution in [3.63, 3.8) is 0 Å². The van der Waals surface area contributed by atoms with Crippen LogP contribution in [0.5, 0.6) is 11.5 Å². The highest BCUT2D eigenvalue weighted by Gasteiger charge is 2.17. The number of hydrogen-bond acceptors (Lipinski definition) is 5. The number of thioether (sulfide) groups is 1. The van der Waals surface area contributed by atoms with E-state index in [0.717, 1.165) is 11.3 Å². The SMILES string of the molecule is COc1cc(Cl)c(CNC(CCSC)C(=O)O)cc1OC. The van der Waals surface area contributed by atoms with E-state index in [1.54, 1.807) is 31.0 Å². The fraction of sp³-hybridized carbons (Fsp3) is 0.500. The summed E-state index contributed by atoms with van der Waals surface area (Å²) in [5.74, 6) is 1.03. The minimum absolute atomic E-state index is 0.352. The van der Waals surface area contributed by atoms with Crippen LogP contribution in [0.1, 0.15) is 12.0 Å². The van der Waals surface area contributed by atoms with Gasteiger partial charge in [-0.15, -0.1) is 0 Å². The Morgan fingerprint density at radius 2 is 2.00 bits per heavy atom. The Morgan fingerprint density at radius 1 is 1.38 bits per heavy atom. The fourth-order valence-electron chi connectivity index (χ4n) is 1.81. The van der Waals surface area contributed by atoms with E-state index in [0.29, 0.717) is 29.5 Å². The number of halogens is 1. The predicted octanol–water partition coefficient (Wildman–Crippen LogP) is 2.65. The zero-order valence-corrected chi connectivity index (χ0v) is 13.9. The molecule has 2 N–H and O–H groups in total. The van der Waals surface area contributed by atoms with Gasteiger partial charge in [-0.05, 0) is 30.1 Å². The molecule has 1 atom stereocenters. The first-order chi connectivity index (χ1) is 10.0. The van der Waals surface area contributed by atoms with Crippen LogP contribution in [0.3, 0.4) is 0 Å². The van der Waals surface area contributed by atoms with Crippen molar-refractivity contribution in [2.45, 2.75) is 19.0 Å². The summed E-state index contributed by atoms with van der Waals surface area (Å²) in [6.07, 6.45) is 2.51. The Kier molecular flexibility index (Phi) is 7.71. The van der Waals surface area contributed by atoms with Crippen LogP contribution < -0.4 is 14.8 Å². The second-order valence-electron chi connectivity index (χ2n) is 4.35. The van der Waals surface area contributed by atoms with E-state index in [1.807, 2.05) is 6.26 Å². The molecule has 0 bridgehead atoms. The molecular weight excluding hydrogens is 314 g/mol. The van der Waals surface area contributed by atoms with E-state index in [4.69, 9.17) is 21.1 Å². The molecule has 0 saturated carbocycles. The standard InChI is InChI=1S/C14H20ClNO4S/c1-19-12-6-9(10(15)7-13(12)20-2)8-16-11(14(17)18)4-5-21-3/h6-7,11,16H,4-5,8H2,1-3H3,(H,17,18). The van der Waals surface area contributed by atoms with E-state index in [-0.39, 0.29) is 0 Å². The van der Waals surface area contributed by atoms with Crippen LogP contribution in [0.4, 0.5) is 0 Å².